The summed E-state index contributed by atoms with van der Waals surface area (Å²) in [5.41, 5.74) is -0.136. The van der Waals surface area contributed by atoms with E-state index in [4.69, 9.17) is 4.18 Å². The van der Waals surface area contributed by atoms with Crippen molar-refractivity contribution in [2.75, 3.05) is 6.26 Å². The number of hydrogen-bond acceptors (Lipinski definition) is 3. The molecule has 4 heteroatoms. The lowest BCUT2D eigenvalue weighted by Crippen LogP contribution is -2.28. The van der Waals surface area contributed by atoms with Crippen molar-refractivity contribution in [1.29, 1.82) is 0 Å². The van der Waals surface area contributed by atoms with Crippen LogP contribution in [-0.2, 0) is 14.3 Å². The Hall–Kier alpha value is -0.0900. The lowest BCUT2D eigenvalue weighted by atomic mass is 9.91. The zero-order chi connectivity index (χ0) is 9.28. The van der Waals surface area contributed by atoms with Gasteiger partial charge in [-0.05, 0) is 12.3 Å². The second kappa shape index (κ2) is 3.11. The predicted molar refractivity (Wildman–Crippen MR) is 44.8 cm³/mol. The van der Waals surface area contributed by atoms with Crippen LogP contribution in [0.15, 0.2) is 0 Å². The van der Waals surface area contributed by atoms with Gasteiger partial charge in [-0.2, -0.15) is 8.42 Å². The maximum absolute atomic E-state index is 10.7. The van der Waals surface area contributed by atoms with Crippen LogP contribution in [0.4, 0.5) is 0 Å². The van der Waals surface area contributed by atoms with Gasteiger partial charge in [-0.3, -0.25) is 4.18 Å². The normalized spacial score (nSPS) is 16.5. The summed E-state index contributed by atoms with van der Waals surface area (Å²) in [6.07, 6.45) is 0.785. The van der Waals surface area contributed by atoms with Crippen LogP contribution in [0.3, 0.4) is 0 Å². The van der Waals surface area contributed by atoms with Crippen LogP contribution in [0, 0.1) is 5.41 Å². The van der Waals surface area contributed by atoms with Gasteiger partial charge in [0, 0.05) is 0 Å². The summed E-state index contributed by atoms with van der Waals surface area (Å²) < 4.78 is 26.1. The minimum absolute atomic E-state index is 0.136. The first-order valence-corrected chi connectivity index (χ1v) is 5.33. The van der Waals surface area contributed by atoms with Crippen LogP contribution in [0.2, 0.25) is 0 Å². The quantitative estimate of drug-likeness (QED) is 0.603. The predicted octanol–water partition coefficient (Wildman–Crippen LogP) is 1.40. The summed E-state index contributed by atoms with van der Waals surface area (Å²) in [7, 11) is -3.31. The molecule has 3 nitrogen and oxygen atoms in total. The van der Waals surface area contributed by atoms with Gasteiger partial charge in [0.2, 0.25) is 0 Å². The minimum Gasteiger partial charge on any atom is -0.267 e. The fourth-order valence-corrected chi connectivity index (χ4v) is 1.22. The third-order valence-electron chi connectivity index (χ3n) is 1.54. The average Bonchev–Trinajstić information content (AvgIpc) is 1.56. The SMILES string of the molecule is C[C@@H](OS(C)(=O)=O)C(C)(C)C. The van der Waals surface area contributed by atoms with Crippen molar-refractivity contribution < 1.29 is 12.6 Å². The lowest BCUT2D eigenvalue weighted by Gasteiger charge is -2.25. The summed E-state index contributed by atoms with van der Waals surface area (Å²) in [6, 6.07) is 0. The van der Waals surface area contributed by atoms with E-state index in [-0.39, 0.29) is 11.5 Å². The van der Waals surface area contributed by atoms with E-state index in [1.54, 1.807) is 6.92 Å². The summed E-state index contributed by atoms with van der Waals surface area (Å²) in [5, 5.41) is 0. The highest BCUT2D eigenvalue weighted by atomic mass is 32.2. The highest BCUT2D eigenvalue weighted by molar-refractivity contribution is 7.86. The van der Waals surface area contributed by atoms with Crippen LogP contribution in [-0.4, -0.2) is 20.8 Å². The molecule has 0 aromatic heterocycles. The molecule has 0 radical (unpaired) electrons. The lowest BCUT2D eigenvalue weighted by molar-refractivity contribution is 0.111. The van der Waals surface area contributed by atoms with Crippen LogP contribution in [0.25, 0.3) is 0 Å². The maximum atomic E-state index is 10.7. The van der Waals surface area contributed by atoms with Crippen molar-refractivity contribution in [3.05, 3.63) is 0 Å². The van der Waals surface area contributed by atoms with Crippen molar-refractivity contribution in [2.24, 2.45) is 5.41 Å². The Labute approximate surface area is 68.9 Å². The fourth-order valence-electron chi connectivity index (χ4n) is 0.407. The summed E-state index contributed by atoms with van der Waals surface area (Å²) in [5.74, 6) is 0. The highest BCUT2D eigenvalue weighted by Gasteiger charge is 2.23. The second-order valence-electron chi connectivity index (χ2n) is 3.81. The third-order valence-corrected chi connectivity index (χ3v) is 2.18. The van der Waals surface area contributed by atoms with Crippen molar-refractivity contribution in [1.82, 2.24) is 0 Å². The molecule has 0 aromatic rings. The van der Waals surface area contributed by atoms with Crippen molar-refractivity contribution in [2.45, 2.75) is 33.8 Å². The first-order chi connectivity index (χ1) is 4.63. The zero-order valence-electron chi connectivity index (χ0n) is 7.71. The molecule has 0 unspecified atom stereocenters. The Kier molecular flexibility index (Phi) is 3.08. The van der Waals surface area contributed by atoms with Gasteiger partial charge in [0.15, 0.2) is 0 Å². The number of hydrogen-bond donors (Lipinski definition) is 0. The van der Waals surface area contributed by atoms with E-state index < -0.39 is 10.1 Å². The molecule has 68 valence electrons. The van der Waals surface area contributed by atoms with Crippen LogP contribution >= 0.6 is 0 Å². The Morgan fingerprint density at radius 1 is 1.27 bits per heavy atom. The van der Waals surface area contributed by atoms with Gasteiger partial charge in [-0.1, -0.05) is 20.8 Å². The van der Waals surface area contributed by atoms with E-state index in [1.807, 2.05) is 20.8 Å². The van der Waals surface area contributed by atoms with Crippen LogP contribution in [0.5, 0.6) is 0 Å². The fraction of sp³-hybridized carbons (Fsp3) is 1.00. The molecular formula is C7H16O3S. The molecule has 0 aliphatic rings. The first kappa shape index (κ1) is 10.9. The minimum atomic E-state index is -3.31. The van der Waals surface area contributed by atoms with E-state index in [0.29, 0.717) is 0 Å². The molecule has 0 spiro atoms. The smallest absolute Gasteiger partial charge is 0.264 e. The molecule has 0 saturated carbocycles. The monoisotopic (exact) mass is 180 g/mol. The Balaban J connectivity index is 4.21. The molecule has 0 aromatic carbocycles. The van der Waals surface area contributed by atoms with E-state index in [9.17, 15) is 8.42 Å². The standard InChI is InChI=1S/C7H16O3S/c1-6(7(2,3)4)10-11(5,8)9/h6H,1-5H3/t6-/m1/s1. The maximum Gasteiger partial charge on any atom is 0.264 e. The third kappa shape index (κ3) is 5.21. The molecule has 0 fully saturated rings. The van der Waals surface area contributed by atoms with Gasteiger partial charge in [-0.25, -0.2) is 0 Å². The average molecular weight is 180 g/mol. The van der Waals surface area contributed by atoms with Gasteiger partial charge in [0.1, 0.15) is 0 Å². The van der Waals surface area contributed by atoms with Crippen LogP contribution < -0.4 is 0 Å². The Bertz CT molecular complexity index is 210. The molecule has 0 aliphatic carbocycles. The highest BCUT2D eigenvalue weighted by Crippen LogP contribution is 2.22. The topological polar surface area (TPSA) is 43.4 Å². The van der Waals surface area contributed by atoms with Gasteiger partial charge in [0.05, 0.1) is 12.4 Å². The van der Waals surface area contributed by atoms with Gasteiger partial charge >= 0.3 is 0 Å². The molecule has 11 heavy (non-hydrogen) atoms. The van der Waals surface area contributed by atoms with Gasteiger partial charge in [0.25, 0.3) is 10.1 Å². The van der Waals surface area contributed by atoms with Crippen molar-refractivity contribution in [3.8, 4) is 0 Å². The van der Waals surface area contributed by atoms with Crippen LogP contribution in [0.1, 0.15) is 27.7 Å². The molecule has 0 N–H and O–H groups in total. The molecule has 0 heterocycles. The molecule has 1 atom stereocenters. The summed E-state index contributed by atoms with van der Waals surface area (Å²) >= 11 is 0. The van der Waals surface area contributed by atoms with E-state index in [2.05, 4.69) is 0 Å². The zero-order valence-corrected chi connectivity index (χ0v) is 8.53. The Morgan fingerprint density at radius 3 is 1.73 bits per heavy atom. The van der Waals surface area contributed by atoms with E-state index in [0.717, 1.165) is 6.26 Å². The largest absolute Gasteiger partial charge is 0.267 e. The second-order valence-corrected chi connectivity index (χ2v) is 5.41. The summed E-state index contributed by atoms with van der Waals surface area (Å²) in [6.45, 7) is 7.55. The van der Waals surface area contributed by atoms with E-state index >= 15 is 0 Å². The first-order valence-electron chi connectivity index (χ1n) is 3.51. The van der Waals surface area contributed by atoms with Crippen molar-refractivity contribution in [3.63, 3.8) is 0 Å². The summed E-state index contributed by atoms with van der Waals surface area (Å²) in [4.78, 5) is 0. The molecule has 0 aliphatic heterocycles. The molecule has 0 amide bonds. The molecule has 0 bridgehead atoms. The molecule has 0 rings (SSSR count). The molecule has 0 saturated heterocycles. The Morgan fingerprint density at radius 2 is 1.64 bits per heavy atom. The van der Waals surface area contributed by atoms with Gasteiger partial charge < -0.3 is 0 Å². The van der Waals surface area contributed by atoms with E-state index in [1.165, 1.54) is 0 Å². The number of rotatable bonds is 2. The molecular weight excluding hydrogens is 164 g/mol. The van der Waals surface area contributed by atoms with Crippen molar-refractivity contribution >= 4 is 10.1 Å². The van der Waals surface area contributed by atoms with Gasteiger partial charge in [-0.15, -0.1) is 0 Å².